The number of nitrogens with zero attached hydrogens (tertiary/aromatic N) is 2. The van der Waals surface area contributed by atoms with E-state index < -0.39 is 6.04 Å². The summed E-state index contributed by atoms with van der Waals surface area (Å²) in [7, 11) is 0. The molecule has 1 amide bonds. The molecular formula is C26H23N3O4. The third kappa shape index (κ3) is 3.83. The number of ether oxygens (including phenoxy) is 1. The van der Waals surface area contributed by atoms with Gasteiger partial charge in [-0.1, -0.05) is 42.5 Å². The highest BCUT2D eigenvalue weighted by Gasteiger charge is 2.42. The van der Waals surface area contributed by atoms with Gasteiger partial charge in [0, 0.05) is 24.3 Å². The number of H-pyrrole nitrogens is 1. The van der Waals surface area contributed by atoms with Crippen LogP contribution in [0.5, 0.6) is 17.2 Å². The first-order valence-corrected chi connectivity index (χ1v) is 10.8. The number of carbonyl (C=O) groups excluding carboxylic acids is 1. The number of aliphatic hydroxyl groups excluding tert-OH is 1. The molecule has 1 aromatic heterocycles. The van der Waals surface area contributed by atoms with Gasteiger partial charge < -0.3 is 19.8 Å². The average Bonchev–Trinajstić information content (AvgIpc) is 3.37. The van der Waals surface area contributed by atoms with Gasteiger partial charge in [-0.25, -0.2) is 0 Å². The summed E-state index contributed by atoms with van der Waals surface area (Å²) in [5.74, 6) is 1.27. The van der Waals surface area contributed by atoms with E-state index in [-0.39, 0.29) is 18.3 Å². The van der Waals surface area contributed by atoms with Crippen LogP contribution >= 0.6 is 0 Å². The van der Waals surface area contributed by atoms with Crippen LogP contribution in [-0.2, 0) is 0 Å². The largest absolute Gasteiger partial charge is 0.507 e. The number of benzene rings is 3. The zero-order valence-corrected chi connectivity index (χ0v) is 17.8. The molecule has 1 unspecified atom stereocenters. The number of fused-ring (bicyclic) bond motifs is 1. The van der Waals surface area contributed by atoms with Crippen molar-refractivity contribution in [3.8, 4) is 28.5 Å². The Morgan fingerprint density at radius 3 is 2.52 bits per heavy atom. The summed E-state index contributed by atoms with van der Waals surface area (Å²) in [6.45, 7) is 0.360. The Labute approximate surface area is 190 Å². The number of nitrogens with one attached hydrogen (secondary N) is 1. The number of hydrogen-bond acceptors (Lipinski definition) is 5. The molecule has 3 N–H and O–H groups in total. The average molecular weight is 441 g/mol. The molecule has 33 heavy (non-hydrogen) atoms. The van der Waals surface area contributed by atoms with Gasteiger partial charge in [0.15, 0.2) is 0 Å². The molecule has 1 aliphatic heterocycles. The van der Waals surface area contributed by atoms with Crippen LogP contribution in [0.15, 0.2) is 78.9 Å². The van der Waals surface area contributed by atoms with Gasteiger partial charge in [-0.2, -0.15) is 5.10 Å². The second-order valence-electron chi connectivity index (χ2n) is 7.84. The highest BCUT2D eigenvalue weighted by molar-refractivity contribution is 6.00. The summed E-state index contributed by atoms with van der Waals surface area (Å²) in [5, 5.41) is 27.1. The Kier molecular flexibility index (Phi) is 5.54. The summed E-state index contributed by atoms with van der Waals surface area (Å²) in [4.78, 5) is 15.0. The van der Waals surface area contributed by atoms with Crippen molar-refractivity contribution < 1.29 is 19.7 Å². The maximum Gasteiger partial charge on any atom is 0.273 e. The molecule has 166 valence electrons. The number of amides is 1. The lowest BCUT2D eigenvalue weighted by atomic mass is 9.95. The zero-order valence-electron chi connectivity index (χ0n) is 17.8. The molecule has 7 heteroatoms. The van der Waals surface area contributed by atoms with Gasteiger partial charge in [0.25, 0.3) is 5.91 Å². The Morgan fingerprint density at radius 1 is 0.970 bits per heavy atom. The molecule has 1 atom stereocenters. The fraction of sp³-hybridized carbons (Fsp3) is 0.154. The maximum absolute atomic E-state index is 13.3. The number of para-hydroxylation sites is 2. The van der Waals surface area contributed by atoms with Gasteiger partial charge in [-0.15, -0.1) is 0 Å². The first kappa shape index (κ1) is 20.8. The summed E-state index contributed by atoms with van der Waals surface area (Å²) in [6.07, 6.45) is 0.450. The number of aromatic amines is 1. The van der Waals surface area contributed by atoms with E-state index in [0.717, 1.165) is 5.56 Å². The van der Waals surface area contributed by atoms with E-state index in [1.54, 1.807) is 23.1 Å². The normalized spacial score (nSPS) is 15.0. The van der Waals surface area contributed by atoms with Crippen molar-refractivity contribution >= 4 is 5.91 Å². The van der Waals surface area contributed by atoms with E-state index in [2.05, 4.69) is 10.2 Å². The van der Waals surface area contributed by atoms with Gasteiger partial charge in [0.1, 0.15) is 28.6 Å². The van der Waals surface area contributed by atoms with Gasteiger partial charge in [0.2, 0.25) is 0 Å². The molecule has 0 saturated heterocycles. The molecule has 4 aromatic rings. The SMILES string of the molecule is O=C1c2[nH]nc(-c3ccccc3O)c2C(c2cccc(Oc3ccccc3)c2)N1CCCO. The smallest absolute Gasteiger partial charge is 0.273 e. The number of aromatic hydroxyl groups is 1. The minimum Gasteiger partial charge on any atom is -0.507 e. The minimum atomic E-state index is -0.438. The van der Waals surface area contributed by atoms with E-state index >= 15 is 0 Å². The number of carbonyl (C=O) groups is 1. The van der Waals surface area contributed by atoms with Crippen molar-refractivity contribution in [1.82, 2.24) is 15.1 Å². The van der Waals surface area contributed by atoms with Gasteiger partial charge in [0.05, 0.1) is 6.04 Å². The molecule has 7 nitrogen and oxygen atoms in total. The lowest BCUT2D eigenvalue weighted by Crippen LogP contribution is -2.31. The highest BCUT2D eigenvalue weighted by atomic mass is 16.5. The van der Waals surface area contributed by atoms with Crippen molar-refractivity contribution in [2.75, 3.05) is 13.2 Å². The third-order valence-corrected chi connectivity index (χ3v) is 5.73. The number of aliphatic hydroxyl groups is 1. The molecular weight excluding hydrogens is 418 g/mol. The minimum absolute atomic E-state index is 0.0217. The van der Waals surface area contributed by atoms with Crippen molar-refractivity contribution in [1.29, 1.82) is 0 Å². The van der Waals surface area contributed by atoms with Crippen LogP contribution in [0.4, 0.5) is 0 Å². The van der Waals surface area contributed by atoms with E-state index in [9.17, 15) is 15.0 Å². The molecule has 5 rings (SSSR count). The Bertz CT molecular complexity index is 1290. The van der Waals surface area contributed by atoms with Crippen LogP contribution in [0.3, 0.4) is 0 Å². The Balaban J connectivity index is 1.60. The van der Waals surface area contributed by atoms with Crippen LogP contribution < -0.4 is 4.74 Å². The second-order valence-corrected chi connectivity index (χ2v) is 7.84. The maximum atomic E-state index is 13.3. The Morgan fingerprint density at radius 2 is 1.73 bits per heavy atom. The quantitative estimate of drug-likeness (QED) is 0.392. The molecule has 0 bridgehead atoms. The molecule has 0 saturated carbocycles. The van der Waals surface area contributed by atoms with Crippen LogP contribution in [0.25, 0.3) is 11.3 Å². The highest BCUT2D eigenvalue weighted by Crippen LogP contribution is 2.45. The third-order valence-electron chi connectivity index (χ3n) is 5.73. The molecule has 3 aromatic carbocycles. The summed E-state index contributed by atoms with van der Waals surface area (Å²) in [5.41, 5.74) is 3.03. The Hall–Kier alpha value is -4.10. The summed E-state index contributed by atoms with van der Waals surface area (Å²) < 4.78 is 6.02. The molecule has 0 aliphatic carbocycles. The number of aromatic nitrogens is 2. The van der Waals surface area contributed by atoms with Crippen molar-refractivity contribution in [3.05, 3.63) is 95.7 Å². The first-order chi connectivity index (χ1) is 16.2. The number of rotatable bonds is 7. The first-order valence-electron chi connectivity index (χ1n) is 10.8. The number of phenolic OH excluding ortho intramolecular Hbond substituents is 1. The van der Waals surface area contributed by atoms with Crippen molar-refractivity contribution in [2.24, 2.45) is 0 Å². The predicted molar refractivity (Wildman–Crippen MR) is 123 cm³/mol. The molecule has 0 radical (unpaired) electrons. The van der Waals surface area contributed by atoms with E-state index in [0.29, 0.717) is 47.0 Å². The molecule has 0 fully saturated rings. The van der Waals surface area contributed by atoms with Gasteiger partial charge >= 0.3 is 0 Å². The molecule has 0 spiro atoms. The summed E-state index contributed by atoms with van der Waals surface area (Å²) >= 11 is 0. The fourth-order valence-corrected chi connectivity index (χ4v) is 4.27. The summed E-state index contributed by atoms with van der Waals surface area (Å²) in [6, 6.07) is 23.6. The lowest BCUT2D eigenvalue weighted by molar-refractivity contribution is 0.0732. The second kappa shape index (κ2) is 8.80. The van der Waals surface area contributed by atoms with Crippen molar-refractivity contribution in [3.63, 3.8) is 0 Å². The number of phenols is 1. The van der Waals surface area contributed by atoms with E-state index in [1.165, 1.54) is 0 Å². The van der Waals surface area contributed by atoms with Crippen molar-refractivity contribution in [2.45, 2.75) is 12.5 Å². The topological polar surface area (TPSA) is 98.7 Å². The van der Waals surface area contributed by atoms with E-state index in [1.807, 2.05) is 60.7 Å². The van der Waals surface area contributed by atoms with E-state index in [4.69, 9.17) is 4.74 Å². The van der Waals surface area contributed by atoms with Gasteiger partial charge in [-0.05, 0) is 48.4 Å². The monoisotopic (exact) mass is 441 g/mol. The van der Waals surface area contributed by atoms with Crippen LogP contribution in [-0.4, -0.2) is 44.4 Å². The van der Waals surface area contributed by atoms with Gasteiger partial charge in [-0.3, -0.25) is 9.89 Å². The standard InChI is InChI=1S/C26H23N3O4/c30-15-7-14-29-25(17-8-6-11-19(16-17)33-18-9-2-1-3-10-18)22-23(27-28-24(22)26(29)32)20-12-4-5-13-21(20)31/h1-6,8-13,16,25,30-31H,7,14-15H2,(H,27,28). The van der Waals surface area contributed by atoms with Crippen LogP contribution in [0.1, 0.15) is 34.1 Å². The van der Waals surface area contributed by atoms with Crippen LogP contribution in [0, 0.1) is 0 Å². The fourth-order valence-electron chi connectivity index (χ4n) is 4.27. The van der Waals surface area contributed by atoms with Crippen LogP contribution in [0.2, 0.25) is 0 Å². The predicted octanol–water partition coefficient (Wildman–Crippen LogP) is 4.50. The molecule has 2 heterocycles. The molecule has 1 aliphatic rings. The lowest BCUT2D eigenvalue weighted by Gasteiger charge is -2.26. The zero-order chi connectivity index (χ0) is 22.8. The number of hydrogen-bond donors (Lipinski definition) is 3.